The van der Waals surface area contributed by atoms with Gasteiger partial charge in [-0.1, -0.05) is 0 Å². The van der Waals surface area contributed by atoms with Crippen LogP contribution in [0.3, 0.4) is 0 Å². The molecule has 0 aliphatic carbocycles. The number of nitro groups is 1. The first-order valence-electron chi connectivity index (χ1n) is 9.07. The first-order valence-corrected chi connectivity index (χ1v) is 9.07. The van der Waals surface area contributed by atoms with E-state index >= 15 is 0 Å². The minimum atomic E-state index is -0.581. The number of piperazine rings is 1. The van der Waals surface area contributed by atoms with E-state index in [1.165, 1.54) is 26.4 Å². The van der Waals surface area contributed by atoms with Gasteiger partial charge in [-0.2, -0.15) is 0 Å². The van der Waals surface area contributed by atoms with Crippen LogP contribution < -0.4 is 19.1 Å². The third kappa shape index (κ3) is 4.18. The minimum Gasteiger partial charge on any atom is -0.497 e. The number of methoxy groups -OCH3 is 3. The number of amides is 1. The van der Waals surface area contributed by atoms with E-state index in [-0.39, 0.29) is 22.7 Å². The Kier molecular flexibility index (Phi) is 6.06. The van der Waals surface area contributed by atoms with Crippen molar-refractivity contribution >= 4 is 17.3 Å². The Morgan fingerprint density at radius 2 is 1.52 bits per heavy atom. The maximum Gasteiger partial charge on any atom is 0.286 e. The molecule has 0 bridgehead atoms. The van der Waals surface area contributed by atoms with Gasteiger partial charge < -0.3 is 24.0 Å². The number of benzene rings is 2. The quantitative estimate of drug-likeness (QED) is 0.542. The summed E-state index contributed by atoms with van der Waals surface area (Å²) in [6.45, 7) is 2.16. The van der Waals surface area contributed by atoms with E-state index in [0.29, 0.717) is 26.2 Å². The standard InChI is InChI=1S/C20H23N3O6/c1-27-15-6-4-14(5-7-15)21-8-10-22(11-9-21)20(24)16-12-18(28-2)19(29-3)13-17(16)23(25)26/h4-7,12-13H,8-11H2,1-3H3. The highest BCUT2D eigenvalue weighted by Crippen LogP contribution is 2.35. The van der Waals surface area contributed by atoms with Crippen LogP contribution in [0.4, 0.5) is 11.4 Å². The molecular formula is C20H23N3O6. The van der Waals surface area contributed by atoms with Crippen molar-refractivity contribution in [3.8, 4) is 17.2 Å². The van der Waals surface area contributed by atoms with Crippen molar-refractivity contribution in [2.45, 2.75) is 0 Å². The maximum absolute atomic E-state index is 13.0. The van der Waals surface area contributed by atoms with E-state index in [1.54, 1.807) is 12.0 Å². The van der Waals surface area contributed by atoms with Crippen LogP contribution in [0.2, 0.25) is 0 Å². The van der Waals surface area contributed by atoms with Gasteiger partial charge in [0.05, 0.1) is 32.3 Å². The summed E-state index contributed by atoms with van der Waals surface area (Å²) in [5, 5.41) is 11.5. The molecule has 0 aromatic heterocycles. The molecule has 2 aromatic carbocycles. The first kappa shape index (κ1) is 20.2. The van der Waals surface area contributed by atoms with E-state index in [2.05, 4.69) is 4.90 Å². The molecule has 0 saturated carbocycles. The van der Waals surface area contributed by atoms with Crippen molar-refractivity contribution in [3.63, 3.8) is 0 Å². The van der Waals surface area contributed by atoms with E-state index < -0.39 is 10.8 Å². The highest BCUT2D eigenvalue weighted by Gasteiger charge is 2.30. The molecule has 1 fully saturated rings. The molecule has 0 N–H and O–H groups in total. The van der Waals surface area contributed by atoms with Gasteiger partial charge in [0.1, 0.15) is 11.3 Å². The molecule has 0 spiro atoms. The van der Waals surface area contributed by atoms with E-state index in [0.717, 1.165) is 11.4 Å². The Morgan fingerprint density at radius 3 is 2.03 bits per heavy atom. The lowest BCUT2D eigenvalue weighted by molar-refractivity contribution is -0.385. The fraction of sp³-hybridized carbons (Fsp3) is 0.350. The normalized spacial score (nSPS) is 13.8. The van der Waals surface area contributed by atoms with Crippen LogP contribution in [0.15, 0.2) is 36.4 Å². The van der Waals surface area contributed by atoms with Gasteiger partial charge in [0.25, 0.3) is 11.6 Å². The summed E-state index contributed by atoms with van der Waals surface area (Å²) >= 11 is 0. The van der Waals surface area contributed by atoms with Gasteiger partial charge in [0.2, 0.25) is 0 Å². The second-order valence-corrected chi connectivity index (χ2v) is 6.46. The number of carbonyl (C=O) groups is 1. The third-order valence-corrected chi connectivity index (χ3v) is 4.93. The fourth-order valence-electron chi connectivity index (χ4n) is 3.32. The van der Waals surface area contributed by atoms with Crippen molar-refractivity contribution in [1.82, 2.24) is 4.90 Å². The van der Waals surface area contributed by atoms with E-state index in [1.807, 2.05) is 24.3 Å². The largest absolute Gasteiger partial charge is 0.497 e. The Labute approximate surface area is 168 Å². The van der Waals surface area contributed by atoms with Crippen molar-refractivity contribution in [2.24, 2.45) is 0 Å². The number of anilines is 1. The molecule has 154 valence electrons. The van der Waals surface area contributed by atoms with Crippen molar-refractivity contribution in [3.05, 3.63) is 52.1 Å². The van der Waals surface area contributed by atoms with Crippen LogP contribution in [0, 0.1) is 10.1 Å². The fourth-order valence-corrected chi connectivity index (χ4v) is 3.32. The SMILES string of the molecule is COc1ccc(N2CCN(C(=O)c3cc(OC)c(OC)cc3[N+](=O)[O-])CC2)cc1. The van der Waals surface area contributed by atoms with E-state index in [9.17, 15) is 14.9 Å². The van der Waals surface area contributed by atoms with Gasteiger partial charge in [-0.05, 0) is 24.3 Å². The van der Waals surface area contributed by atoms with Gasteiger partial charge in [-0.3, -0.25) is 14.9 Å². The first-order chi connectivity index (χ1) is 14.0. The van der Waals surface area contributed by atoms with Crippen LogP contribution in [0.5, 0.6) is 17.2 Å². The molecule has 0 unspecified atom stereocenters. The molecule has 2 aromatic rings. The summed E-state index contributed by atoms with van der Waals surface area (Å²) in [7, 11) is 4.43. The summed E-state index contributed by atoms with van der Waals surface area (Å²) in [4.78, 5) is 27.7. The molecule has 9 heteroatoms. The van der Waals surface area contributed by atoms with Crippen LogP contribution in [0.25, 0.3) is 0 Å². The Hall–Kier alpha value is -3.49. The highest BCUT2D eigenvalue weighted by atomic mass is 16.6. The summed E-state index contributed by atoms with van der Waals surface area (Å²) < 4.78 is 15.5. The van der Waals surface area contributed by atoms with Gasteiger partial charge in [-0.25, -0.2) is 0 Å². The number of hydrogen-bond acceptors (Lipinski definition) is 7. The Bertz CT molecular complexity index is 892. The van der Waals surface area contributed by atoms with Gasteiger partial charge in [0.15, 0.2) is 11.5 Å². The predicted molar refractivity (Wildman–Crippen MR) is 107 cm³/mol. The molecule has 1 amide bonds. The molecule has 0 radical (unpaired) electrons. The summed E-state index contributed by atoms with van der Waals surface area (Å²) in [6, 6.07) is 10.3. The Morgan fingerprint density at radius 1 is 0.931 bits per heavy atom. The summed E-state index contributed by atoms with van der Waals surface area (Å²) in [6.07, 6.45) is 0. The zero-order valence-electron chi connectivity index (χ0n) is 16.6. The monoisotopic (exact) mass is 401 g/mol. The summed E-state index contributed by atoms with van der Waals surface area (Å²) in [5.41, 5.74) is 0.728. The molecule has 29 heavy (non-hydrogen) atoms. The van der Waals surface area contributed by atoms with Crippen LogP contribution >= 0.6 is 0 Å². The number of nitrogens with zero attached hydrogens (tertiary/aromatic N) is 3. The average molecular weight is 401 g/mol. The molecule has 1 saturated heterocycles. The molecule has 3 rings (SSSR count). The van der Waals surface area contributed by atoms with Crippen molar-refractivity contribution < 1.29 is 23.9 Å². The smallest absolute Gasteiger partial charge is 0.286 e. The lowest BCUT2D eigenvalue weighted by atomic mass is 10.1. The number of ether oxygens (including phenoxy) is 3. The summed E-state index contributed by atoms with van der Waals surface area (Å²) in [5.74, 6) is 0.869. The second kappa shape index (κ2) is 8.68. The second-order valence-electron chi connectivity index (χ2n) is 6.46. The molecule has 0 atom stereocenters. The lowest BCUT2D eigenvalue weighted by Crippen LogP contribution is -2.48. The van der Waals surface area contributed by atoms with Crippen LogP contribution in [-0.4, -0.2) is 63.2 Å². The van der Waals surface area contributed by atoms with E-state index in [4.69, 9.17) is 14.2 Å². The lowest BCUT2D eigenvalue weighted by Gasteiger charge is -2.36. The number of nitro benzene ring substituents is 1. The minimum absolute atomic E-state index is 0.00875. The van der Waals surface area contributed by atoms with Gasteiger partial charge >= 0.3 is 0 Å². The molecule has 9 nitrogen and oxygen atoms in total. The number of hydrogen-bond donors (Lipinski definition) is 0. The van der Waals surface area contributed by atoms with Crippen LogP contribution in [-0.2, 0) is 0 Å². The Balaban J connectivity index is 1.77. The van der Waals surface area contributed by atoms with Gasteiger partial charge in [0, 0.05) is 37.9 Å². The molecule has 1 aliphatic heterocycles. The number of carbonyl (C=O) groups excluding carboxylic acids is 1. The highest BCUT2D eigenvalue weighted by molar-refractivity contribution is 5.99. The number of rotatable bonds is 6. The zero-order valence-corrected chi connectivity index (χ0v) is 16.6. The van der Waals surface area contributed by atoms with Crippen molar-refractivity contribution in [2.75, 3.05) is 52.4 Å². The zero-order chi connectivity index (χ0) is 21.0. The topological polar surface area (TPSA) is 94.4 Å². The molecular weight excluding hydrogens is 378 g/mol. The van der Waals surface area contributed by atoms with Gasteiger partial charge in [-0.15, -0.1) is 0 Å². The van der Waals surface area contributed by atoms with Crippen LogP contribution in [0.1, 0.15) is 10.4 Å². The van der Waals surface area contributed by atoms with Crippen molar-refractivity contribution in [1.29, 1.82) is 0 Å². The molecule has 1 aliphatic rings. The average Bonchev–Trinajstić information content (AvgIpc) is 2.77. The molecule has 1 heterocycles. The maximum atomic E-state index is 13.0. The third-order valence-electron chi connectivity index (χ3n) is 4.93. The predicted octanol–water partition coefficient (Wildman–Crippen LogP) is 2.58.